The van der Waals surface area contributed by atoms with Gasteiger partial charge in [0.25, 0.3) is 5.91 Å². The molecule has 114 valence electrons. The fourth-order valence-electron chi connectivity index (χ4n) is 2.66. The van der Waals surface area contributed by atoms with E-state index in [1.54, 1.807) is 18.7 Å². The molecule has 5 nitrogen and oxygen atoms in total. The van der Waals surface area contributed by atoms with Crippen molar-refractivity contribution in [3.05, 3.63) is 35.9 Å². The predicted molar refractivity (Wildman–Crippen MR) is 79.6 cm³/mol. The highest BCUT2D eigenvalue weighted by atomic mass is 16.5. The van der Waals surface area contributed by atoms with Crippen LogP contribution >= 0.6 is 0 Å². The monoisotopic (exact) mass is 290 g/mol. The minimum Gasteiger partial charge on any atom is -0.380 e. The average Bonchev–Trinajstić information content (AvgIpc) is 2.50. The van der Waals surface area contributed by atoms with E-state index in [9.17, 15) is 9.59 Å². The predicted octanol–water partition coefficient (Wildman–Crippen LogP) is 1.29. The highest BCUT2D eigenvalue weighted by Crippen LogP contribution is 2.32. The quantitative estimate of drug-likeness (QED) is 0.831. The molecule has 0 bridgehead atoms. The largest absolute Gasteiger partial charge is 0.380 e. The van der Waals surface area contributed by atoms with Gasteiger partial charge in [0.1, 0.15) is 11.6 Å². The molecule has 1 aliphatic heterocycles. The third-order valence-electron chi connectivity index (χ3n) is 3.97. The summed E-state index contributed by atoms with van der Waals surface area (Å²) in [7, 11) is 0. The molecular formula is C16H22N2O3. The highest BCUT2D eigenvalue weighted by Gasteiger charge is 2.49. The summed E-state index contributed by atoms with van der Waals surface area (Å²) in [5.74, 6) is -0.238. The number of rotatable bonds is 5. The van der Waals surface area contributed by atoms with Crippen LogP contribution in [0.2, 0.25) is 0 Å². The summed E-state index contributed by atoms with van der Waals surface area (Å²) < 4.78 is 5.36. The van der Waals surface area contributed by atoms with Gasteiger partial charge < -0.3 is 15.0 Å². The fraction of sp³-hybridized carbons (Fsp3) is 0.500. The molecule has 2 unspecified atom stereocenters. The number of nitrogens with one attached hydrogen (secondary N) is 1. The summed E-state index contributed by atoms with van der Waals surface area (Å²) >= 11 is 0. The second kappa shape index (κ2) is 6.26. The van der Waals surface area contributed by atoms with Crippen LogP contribution in [0.15, 0.2) is 30.3 Å². The number of nitrogens with zero attached hydrogens (tertiary/aromatic N) is 1. The SMILES string of the molecule is CCOCCN1C(=O)C(C)NC(=O)C1(C)c1ccccc1. The first-order valence-corrected chi connectivity index (χ1v) is 7.27. The van der Waals surface area contributed by atoms with E-state index in [0.717, 1.165) is 5.56 Å². The normalized spacial score (nSPS) is 25.9. The molecule has 2 atom stereocenters. The van der Waals surface area contributed by atoms with E-state index >= 15 is 0 Å². The number of benzene rings is 1. The zero-order valence-electron chi connectivity index (χ0n) is 12.8. The van der Waals surface area contributed by atoms with Crippen LogP contribution in [0.3, 0.4) is 0 Å². The van der Waals surface area contributed by atoms with Crippen molar-refractivity contribution >= 4 is 11.8 Å². The van der Waals surface area contributed by atoms with Gasteiger partial charge in [0.05, 0.1) is 6.61 Å². The van der Waals surface area contributed by atoms with Gasteiger partial charge in [-0.2, -0.15) is 0 Å². The van der Waals surface area contributed by atoms with E-state index in [1.807, 2.05) is 37.3 Å². The molecule has 0 spiro atoms. The summed E-state index contributed by atoms with van der Waals surface area (Å²) in [6, 6.07) is 8.88. The van der Waals surface area contributed by atoms with Gasteiger partial charge in [-0.3, -0.25) is 9.59 Å². The standard InChI is InChI=1S/C16H22N2O3/c1-4-21-11-10-18-14(19)12(2)17-15(20)16(18,3)13-8-6-5-7-9-13/h5-9,12H,4,10-11H2,1-3H3,(H,17,20). The second-order valence-corrected chi connectivity index (χ2v) is 5.32. The Morgan fingerprint density at radius 2 is 1.95 bits per heavy atom. The number of ether oxygens (including phenoxy) is 1. The van der Waals surface area contributed by atoms with Gasteiger partial charge in [-0.15, -0.1) is 0 Å². The van der Waals surface area contributed by atoms with E-state index < -0.39 is 11.6 Å². The van der Waals surface area contributed by atoms with Crippen LogP contribution in [0.5, 0.6) is 0 Å². The molecule has 1 N–H and O–H groups in total. The maximum Gasteiger partial charge on any atom is 0.250 e. The van der Waals surface area contributed by atoms with Crippen LogP contribution in [-0.2, 0) is 19.9 Å². The lowest BCUT2D eigenvalue weighted by Gasteiger charge is -2.45. The maximum atomic E-state index is 12.6. The Kier molecular flexibility index (Phi) is 4.63. The van der Waals surface area contributed by atoms with E-state index in [2.05, 4.69) is 5.32 Å². The molecule has 1 aliphatic rings. The van der Waals surface area contributed by atoms with E-state index in [4.69, 9.17) is 4.74 Å². The lowest BCUT2D eigenvalue weighted by atomic mass is 9.86. The van der Waals surface area contributed by atoms with Gasteiger partial charge >= 0.3 is 0 Å². The molecule has 2 rings (SSSR count). The molecule has 5 heteroatoms. The van der Waals surface area contributed by atoms with Crippen molar-refractivity contribution in [3.8, 4) is 0 Å². The first kappa shape index (κ1) is 15.5. The Morgan fingerprint density at radius 1 is 1.29 bits per heavy atom. The van der Waals surface area contributed by atoms with Crippen molar-refractivity contribution in [3.63, 3.8) is 0 Å². The first-order valence-electron chi connectivity index (χ1n) is 7.27. The summed E-state index contributed by atoms with van der Waals surface area (Å²) in [6.45, 7) is 6.81. The first-order chi connectivity index (χ1) is 10.0. The van der Waals surface area contributed by atoms with Crippen LogP contribution < -0.4 is 5.32 Å². The number of hydrogen-bond acceptors (Lipinski definition) is 3. The van der Waals surface area contributed by atoms with Gasteiger partial charge in [0, 0.05) is 13.2 Å². The second-order valence-electron chi connectivity index (χ2n) is 5.32. The molecule has 0 saturated carbocycles. The molecule has 1 aromatic carbocycles. The van der Waals surface area contributed by atoms with E-state index in [1.165, 1.54) is 0 Å². The third-order valence-corrected chi connectivity index (χ3v) is 3.97. The summed E-state index contributed by atoms with van der Waals surface area (Å²) in [5, 5.41) is 2.77. The molecular weight excluding hydrogens is 268 g/mol. The molecule has 0 radical (unpaired) electrons. The Balaban J connectivity index is 2.37. The van der Waals surface area contributed by atoms with Gasteiger partial charge in [0.2, 0.25) is 5.91 Å². The number of carbonyl (C=O) groups is 2. The number of amides is 2. The Morgan fingerprint density at radius 3 is 2.57 bits per heavy atom. The Labute approximate surface area is 125 Å². The van der Waals surface area contributed by atoms with Gasteiger partial charge in [-0.25, -0.2) is 0 Å². The van der Waals surface area contributed by atoms with Crippen molar-refractivity contribution in [2.24, 2.45) is 0 Å². The van der Waals surface area contributed by atoms with Crippen LogP contribution in [0, 0.1) is 0 Å². The van der Waals surface area contributed by atoms with Crippen LogP contribution in [0.25, 0.3) is 0 Å². The van der Waals surface area contributed by atoms with Crippen LogP contribution in [-0.4, -0.2) is 42.5 Å². The van der Waals surface area contributed by atoms with Crippen LogP contribution in [0.1, 0.15) is 26.3 Å². The molecule has 1 saturated heterocycles. The number of carbonyl (C=O) groups excluding carboxylic acids is 2. The minimum atomic E-state index is -0.998. The van der Waals surface area contributed by atoms with Crippen molar-refractivity contribution in [2.45, 2.75) is 32.4 Å². The zero-order valence-corrected chi connectivity index (χ0v) is 12.8. The Hall–Kier alpha value is -1.88. The zero-order chi connectivity index (χ0) is 15.5. The summed E-state index contributed by atoms with van der Waals surface area (Å²) in [4.78, 5) is 26.7. The average molecular weight is 290 g/mol. The van der Waals surface area contributed by atoms with Crippen molar-refractivity contribution in [1.29, 1.82) is 0 Å². The molecule has 21 heavy (non-hydrogen) atoms. The summed E-state index contributed by atoms with van der Waals surface area (Å²) in [6.07, 6.45) is 0. The number of piperazine rings is 1. The topological polar surface area (TPSA) is 58.6 Å². The lowest BCUT2D eigenvalue weighted by molar-refractivity contribution is -0.157. The van der Waals surface area contributed by atoms with E-state index in [-0.39, 0.29) is 11.8 Å². The molecule has 2 amide bonds. The van der Waals surface area contributed by atoms with Crippen molar-refractivity contribution in [1.82, 2.24) is 10.2 Å². The molecule has 0 aromatic heterocycles. The van der Waals surface area contributed by atoms with Crippen molar-refractivity contribution in [2.75, 3.05) is 19.8 Å². The lowest BCUT2D eigenvalue weighted by Crippen LogP contribution is -2.67. The molecule has 1 heterocycles. The molecule has 0 aliphatic carbocycles. The Bertz CT molecular complexity index is 518. The minimum absolute atomic E-state index is 0.0827. The van der Waals surface area contributed by atoms with Gasteiger partial charge in [-0.1, -0.05) is 30.3 Å². The highest BCUT2D eigenvalue weighted by molar-refractivity contribution is 6.00. The van der Waals surface area contributed by atoms with Gasteiger partial charge in [0.15, 0.2) is 0 Å². The van der Waals surface area contributed by atoms with E-state index in [0.29, 0.717) is 19.8 Å². The fourth-order valence-corrected chi connectivity index (χ4v) is 2.66. The molecule has 1 aromatic rings. The number of hydrogen-bond donors (Lipinski definition) is 1. The van der Waals surface area contributed by atoms with Crippen LogP contribution in [0.4, 0.5) is 0 Å². The maximum absolute atomic E-state index is 12.6. The van der Waals surface area contributed by atoms with Crippen molar-refractivity contribution < 1.29 is 14.3 Å². The summed E-state index contributed by atoms with van der Waals surface area (Å²) in [5.41, 5.74) is -0.193. The third kappa shape index (κ3) is 2.78. The van der Waals surface area contributed by atoms with Gasteiger partial charge in [-0.05, 0) is 26.3 Å². The molecule has 1 fully saturated rings. The smallest absolute Gasteiger partial charge is 0.250 e.